The van der Waals surface area contributed by atoms with Gasteiger partial charge in [0.25, 0.3) is 0 Å². The normalized spacial score (nSPS) is 11.1. The lowest BCUT2D eigenvalue weighted by Crippen LogP contribution is -2.34. The van der Waals surface area contributed by atoms with Gasteiger partial charge in [0, 0.05) is 18.3 Å². The minimum atomic E-state index is -0.580. The molecule has 2 rings (SSSR count). The third kappa shape index (κ3) is 4.47. The molecule has 0 radical (unpaired) electrons. The molecule has 25 heavy (non-hydrogen) atoms. The molecule has 0 heterocycles. The zero-order valence-electron chi connectivity index (χ0n) is 15.7. The van der Waals surface area contributed by atoms with Crippen LogP contribution in [0, 0.1) is 13.8 Å². The van der Waals surface area contributed by atoms with Crippen LogP contribution in [0.1, 0.15) is 42.3 Å². The molecule has 1 amide bonds. The number of aldehydes is 1. The number of hydrogen-bond acceptors (Lipinski definition) is 3. The van der Waals surface area contributed by atoms with Crippen molar-refractivity contribution in [1.82, 2.24) is 0 Å². The number of amides is 1. The van der Waals surface area contributed by atoms with E-state index in [1.165, 1.54) is 4.90 Å². The average Bonchev–Trinajstić information content (AvgIpc) is 2.52. The molecule has 0 fully saturated rings. The Labute approximate surface area is 149 Å². The van der Waals surface area contributed by atoms with Crippen LogP contribution >= 0.6 is 0 Å². The van der Waals surface area contributed by atoms with Gasteiger partial charge in [-0.1, -0.05) is 18.2 Å². The molecule has 0 unspecified atom stereocenters. The zero-order valence-corrected chi connectivity index (χ0v) is 15.7. The molecule has 0 aromatic heterocycles. The summed E-state index contributed by atoms with van der Waals surface area (Å²) >= 11 is 0. The fourth-order valence-corrected chi connectivity index (χ4v) is 2.75. The van der Waals surface area contributed by atoms with Crippen LogP contribution in [0.4, 0.5) is 10.5 Å². The molecule has 0 aliphatic rings. The fourth-order valence-electron chi connectivity index (χ4n) is 2.75. The molecule has 0 saturated heterocycles. The van der Waals surface area contributed by atoms with E-state index in [0.29, 0.717) is 11.3 Å². The molecule has 4 heteroatoms. The van der Waals surface area contributed by atoms with E-state index in [1.54, 1.807) is 13.1 Å². The number of carbonyl (C=O) groups excluding carboxylic acids is 2. The molecular formula is C21H25NO3. The van der Waals surface area contributed by atoms with Gasteiger partial charge in [0.1, 0.15) is 11.9 Å². The third-order valence-electron chi connectivity index (χ3n) is 3.90. The first-order valence-corrected chi connectivity index (χ1v) is 8.26. The van der Waals surface area contributed by atoms with E-state index >= 15 is 0 Å². The van der Waals surface area contributed by atoms with Gasteiger partial charge in [-0.05, 0) is 75.1 Å². The number of rotatable bonds is 3. The predicted octanol–water partition coefficient (Wildman–Crippen LogP) is 5.15. The van der Waals surface area contributed by atoms with Crippen molar-refractivity contribution in [3.8, 4) is 11.1 Å². The summed E-state index contributed by atoms with van der Waals surface area (Å²) in [5.41, 5.74) is 4.78. The average molecular weight is 339 g/mol. The van der Waals surface area contributed by atoms with Crippen LogP contribution in [0.5, 0.6) is 0 Å². The highest BCUT2D eigenvalue weighted by molar-refractivity contribution is 5.91. The van der Waals surface area contributed by atoms with Crippen LogP contribution in [0.15, 0.2) is 36.4 Å². The van der Waals surface area contributed by atoms with Gasteiger partial charge in [-0.3, -0.25) is 9.69 Å². The van der Waals surface area contributed by atoms with E-state index < -0.39 is 11.7 Å². The Morgan fingerprint density at radius 2 is 1.68 bits per heavy atom. The maximum Gasteiger partial charge on any atom is 0.414 e. The van der Waals surface area contributed by atoms with Gasteiger partial charge in [-0.15, -0.1) is 0 Å². The summed E-state index contributed by atoms with van der Waals surface area (Å²) in [6.45, 7) is 9.54. The predicted molar refractivity (Wildman–Crippen MR) is 101 cm³/mol. The Kier molecular flexibility index (Phi) is 5.31. The summed E-state index contributed by atoms with van der Waals surface area (Å²) in [4.78, 5) is 25.2. The molecule has 0 saturated carbocycles. The SMILES string of the molecule is Cc1cccc(C)c1-c1cc(C=O)cc(N(C)C(=O)OC(C)(C)C)c1. The third-order valence-corrected chi connectivity index (χ3v) is 3.90. The number of aryl methyl sites for hydroxylation is 2. The lowest BCUT2D eigenvalue weighted by molar-refractivity contribution is 0.0589. The largest absolute Gasteiger partial charge is 0.443 e. The Morgan fingerprint density at radius 3 is 2.20 bits per heavy atom. The molecular weight excluding hydrogens is 314 g/mol. The summed E-state index contributed by atoms with van der Waals surface area (Å²) in [6, 6.07) is 11.5. The minimum Gasteiger partial charge on any atom is -0.443 e. The Bertz CT molecular complexity index is 783. The van der Waals surface area contributed by atoms with Gasteiger partial charge >= 0.3 is 6.09 Å². The lowest BCUT2D eigenvalue weighted by atomic mass is 9.94. The van der Waals surface area contributed by atoms with Crippen molar-refractivity contribution in [3.63, 3.8) is 0 Å². The Balaban J connectivity index is 2.51. The second kappa shape index (κ2) is 7.09. The van der Waals surface area contributed by atoms with Crippen molar-refractivity contribution in [2.75, 3.05) is 11.9 Å². The van der Waals surface area contributed by atoms with Gasteiger partial charge in [0.2, 0.25) is 0 Å². The van der Waals surface area contributed by atoms with E-state index in [0.717, 1.165) is 28.5 Å². The number of carbonyl (C=O) groups is 2. The quantitative estimate of drug-likeness (QED) is 0.726. The first-order chi connectivity index (χ1) is 11.6. The van der Waals surface area contributed by atoms with Crippen LogP contribution < -0.4 is 4.90 Å². The first kappa shape index (κ1) is 18.7. The fraction of sp³-hybridized carbons (Fsp3) is 0.333. The molecule has 2 aromatic rings. The number of ether oxygens (including phenoxy) is 1. The molecule has 4 nitrogen and oxygen atoms in total. The smallest absolute Gasteiger partial charge is 0.414 e. The molecule has 0 spiro atoms. The highest BCUT2D eigenvalue weighted by atomic mass is 16.6. The van der Waals surface area contributed by atoms with Crippen molar-refractivity contribution < 1.29 is 14.3 Å². The lowest BCUT2D eigenvalue weighted by Gasteiger charge is -2.25. The molecule has 0 bridgehead atoms. The Morgan fingerprint density at radius 1 is 1.08 bits per heavy atom. The summed E-state index contributed by atoms with van der Waals surface area (Å²) in [5.74, 6) is 0. The molecule has 2 aromatic carbocycles. The summed E-state index contributed by atoms with van der Waals surface area (Å²) in [6.07, 6.45) is 0.340. The van der Waals surface area contributed by atoms with Crippen LogP contribution in [0.2, 0.25) is 0 Å². The number of hydrogen-bond donors (Lipinski definition) is 0. The van der Waals surface area contributed by atoms with Crippen LogP contribution in [-0.2, 0) is 4.74 Å². The number of anilines is 1. The van der Waals surface area contributed by atoms with Crippen LogP contribution in [0.3, 0.4) is 0 Å². The van der Waals surface area contributed by atoms with Gasteiger partial charge in [-0.2, -0.15) is 0 Å². The molecule has 132 valence electrons. The van der Waals surface area contributed by atoms with E-state index in [9.17, 15) is 9.59 Å². The van der Waals surface area contributed by atoms with E-state index in [1.807, 2.05) is 65.0 Å². The van der Waals surface area contributed by atoms with E-state index in [-0.39, 0.29) is 0 Å². The second-order valence-corrected chi connectivity index (χ2v) is 7.24. The highest BCUT2D eigenvalue weighted by Gasteiger charge is 2.21. The van der Waals surface area contributed by atoms with Gasteiger partial charge in [0.05, 0.1) is 0 Å². The minimum absolute atomic E-state index is 0.456. The number of benzene rings is 2. The Hall–Kier alpha value is -2.62. The van der Waals surface area contributed by atoms with E-state index in [2.05, 4.69) is 0 Å². The second-order valence-electron chi connectivity index (χ2n) is 7.24. The van der Waals surface area contributed by atoms with Crippen molar-refractivity contribution in [1.29, 1.82) is 0 Å². The summed E-state index contributed by atoms with van der Waals surface area (Å²) in [5, 5.41) is 0. The van der Waals surface area contributed by atoms with Gasteiger partial charge < -0.3 is 4.74 Å². The topological polar surface area (TPSA) is 46.6 Å². The van der Waals surface area contributed by atoms with Crippen molar-refractivity contribution >= 4 is 18.1 Å². The summed E-state index contributed by atoms with van der Waals surface area (Å²) in [7, 11) is 1.65. The highest BCUT2D eigenvalue weighted by Crippen LogP contribution is 2.31. The van der Waals surface area contributed by atoms with Gasteiger partial charge in [-0.25, -0.2) is 4.79 Å². The molecule has 0 aliphatic heterocycles. The maximum absolute atomic E-state index is 12.4. The molecule has 0 N–H and O–H groups in total. The van der Waals surface area contributed by atoms with Crippen LogP contribution in [-0.4, -0.2) is 25.0 Å². The van der Waals surface area contributed by atoms with Gasteiger partial charge in [0.15, 0.2) is 0 Å². The monoisotopic (exact) mass is 339 g/mol. The van der Waals surface area contributed by atoms with Crippen molar-refractivity contribution in [3.05, 3.63) is 53.1 Å². The van der Waals surface area contributed by atoms with Crippen molar-refractivity contribution in [2.24, 2.45) is 0 Å². The maximum atomic E-state index is 12.4. The number of nitrogens with zero attached hydrogens (tertiary/aromatic N) is 1. The summed E-state index contributed by atoms with van der Waals surface area (Å²) < 4.78 is 5.42. The molecule has 0 aliphatic carbocycles. The zero-order chi connectivity index (χ0) is 18.8. The van der Waals surface area contributed by atoms with E-state index in [4.69, 9.17) is 4.74 Å². The standard InChI is InChI=1S/C21H25NO3/c1-14-8-7-9-15(2)19(14)17-10-16(13-23)11-18(12-17)22(6)20(24)25-21(3,4)5/h7-13H,1-6H3. The van der Waals surface area contributed by atoms with Crippen LogP contribution in [0.25, 0.3) is 11.1 Å². The van der Waals surface area contributed by atoms with Crippen molar-refractivity contribution in [2.45, 2.75) is 40.2 Å². The molecule has 0 atom stereocenters. The first-order valence-electron chi connectivity index (χ1n) is 8.26.